The SMILES string of the molecule is CCCCCCC(Oc1ccc(C)cc1C)C(=O)Nc1cc(NC(=O)C(CCCCCC)Oc2ccc(C(C)(C)CC)cc2C)cc(-c2nnc3cc(C(C)(C)C)[nH]n23)c1. The predicted octanol–water partition coefficient (Wildman–Crippen LogP) is 12.3. The maximum Gasteiger partial charge on any atom is 0.265 e. The highest BCUT2D eigenvalue weighted by Crippen LogP contribution is 2.33. The number of carbonyl (C=O) groups is 2. The molecule has 0 aliphatic rings. The smallest absolute Gasteiger partial charge is 0.265 e. The Labute approximate surface area is 358 Å². The lowest BCUT2D eigenvalue weighted by molar-refractivity contribution is -0.123. The number of ether oxygens (including phenoxy) is 2. The van der Waals surface area contributed by atoms with Crippen molar-refractivity contribution in [3.05, 3.63) is 88.6 Å². The molecule has 0 bridgehead atoms. The van der Waals surface area contributed by atoms with E-state index in [9.17, 15) is 9.59 Å². The molecule has 324 valence electrons. The molecule has 0 saturated heterocycles. The summed E-state index contributed by atoms with van der Waals surface area (Å²) in [6, 6.07) is 19.8. The maximum atomic E-state index is 14.4. The van der Waals surface area contributed by atoms with Crippen LogP contribution in [0.5, 0.6) is 11.5 Å². The van der Waals surface area contributed by atoms with Crippen LogP contribution < -0.4 is 20.1 Å². The van der Waals surface area contributed by atoms with E-state index < -0.39 is 12.2 Å². The summed E-state index contributed by atoms with van der Waals surface area (Å²) < 4.78 is 14.9. The van der Waals surface area contributed by atoms with Crippen LogP contribution in [0, 0.1) is 20.8 Å². The molecule has 0 fully saturated rings. The second-order valence-electron chi connectivity index (χ2n) is 18.3. The molecule has 0 aliphatic carbocycles. The third-order valence-corrected chi connectivity index (χ3v) is 11.7. The molecule has 3 aromatic carbocycles. The van der Waals surface area contributed by atoms with E-state index >= 15 is 0 Å². The van der Waals surface area contributed by atoms with Crippen LogP contribution in [0.25, 0.3) is 17.0 Å². The average Bonchev–Trinajstić information content (AvgIpc) is 3.81. The number of nitrogens with zero attached hydrogens (tertiary/aromatic N) is 3. The fourth-order valence-electron chi connectivity index (χ4n) is 7.34. The van der Waals surface area contributed by atoms with Crippen LogP contribution >= 0.6 is 0 Å². The molecule has 0 spiro atoms. The van der Waals surface area contributed by atoms with Crippen molar-refractivity contribution >= 4 is 28.8 Å². The second-order valence-corrected chi connectivity index (χ2v) is 18.3. The molecule has 60 heavy (non-hydrogen) atoms. The van der Waals surface area contributed by atoms with Crippen LogP contribution in [0.4, 0.5) is 11.4 Å². The van der Waals surface area contributed by atoms with Gasteiger partial charge in [0.05, 0.1) is 0 Å². The molecular weight excluding hydrogens is 749 g/mol. The number of hydrogen-bond donors (Lipinski definition) is 3. The first-order valence-electron chi connectivity index (χ1n) is 22.3. The van der Waals surface area contributed by atoms with Crippen molar-refractivity contribution in [2.24, 2.45) is 0 Å². The van der Waals surface area contributed by atoms with E-state index in [1.165, 1.54) is 5.56 Å². The Morgan fingerprint density at radius 2 is 1.23 bits per heavy atom. The van der Waals surface area contributed by atoms with Gasteiger partial charge in [-0.1, -0.05) is 124 Å². The van der Waals surface area contributed by atoms with Crippen molar-refractivity contribution in [2.75, 3.05) is 10.6 Å². The Kier molecular flexibility index (Phi) is 15.6. The van der Waals surface area contributed by atoms with E-state index in [2.05, 4.69) is 99.5 Å². The molecule has 0 saturated carbocycles. The largest absolute Gasteiger partial charge is 0.480 e. The molecule has 2 aromatic heterocycles. The fourth-order valence-corrected chi connectivity index (χ4v) is 7.34. The first-order valence-corrected chi connectivity index (χ1v) is 22.3. The number of amides is 2. The van der Waals surface area contributed by atoms with Crippen molar-refractivity contribution in [1.29, 1.82) is 0 Å². The van der Waals surface area contributed by atoms with Crippen molar-refractivity contribution < 1.29 is 19.1 Å². The Bertz CT molecular complexity index is 2210. The van der Waals surface area contributed by atoms with Gasteiger partial charge in [-0.05, 0) is 105 Å². The molecule has 10 heteroatoms. The summed E-state index contributed by atoms with van der Waals surface area (Å²) in [7, 11) is 0. The van der Waals surface area contributed by atoms with Crippen LogP contribution in [-0.2, 0) is 20.4 Å². The Morgan fingerprint density at radius 1 is 0.683 bits per heavy atom. The van der Waals surface area contributed by atoms with E-state index in [1.54, 1.807) is 6.07 Å². The lowest BCUT2D eigenvalue weighted by Gasteiger charge is -2.25. The number of hydrogen-bond acceptors (Lipinski definition) is 6. The molecular formula is C50H70N6O4. The number of benzene rings is 3. The third kappa shape index (κ3) is 12.0. The number of rotatable bonds is 21. The lowest BCUT2D eigenvalue weighted by atomic mass is 9.81. The first-order chi connectivity index (χ1) is 28.5. The summed E-state index contributed by atoms with van der Waals surface area (Å²) in [6.45, 7) is 23.5. The standard InChI is InChI=1S/C50H70N6O4/c1-12-15-17-19-21-42(59-40-25-23-33(4)27-34(40)5)47(57)51-38-29-36(46-54-53-45-32-44(49(7,8)9)55-56(45)46)30-39(31-38)52-48(58)43(22-20-18-16-13-2)60-41-26-24-37(28-35(41)6)50(10,11)14-3/h23-32,42-43,55H,12-22H2,1-11H3,(H,51,57)(H,52,58). The topological polar surface area (TPSA) is 123 Å². The second kappa shape index (κ2) is 20.4. The minimum Gasteiger partial charge on any atom is -0.480 e. The van der Waals surface area contributed by atoms with E-state index in [0.29, 0.717) is 52.8 Å². The van der Waals surface area contributed by atoms with Crippen LogP contribution in [0.3, 0.4) is 0 Å². The molecule has 2 unspecified atom stereocenters. The van der Waals surface area contributed by atoms with Gasteiger partial charge < -0.3 is 20.1 Å². The molecule has 0 radical (unpaired) electrons. The highest BCUT2D eigenvalue weighted by molar-refractivity contribution is 5.98. The van der Waals surface area contributed by atoms with Gasteiger partial charge in [-0.3, -0.25) is 14.7 Å². The number of carbonyl (C=O) groups excluding carboxylic acids is 2. The Balaban J connectivity index is 1.50. The van der Waals surface area contributed by atoms with Gasteiger partial charge in [0.2, 0.25) is 0 Å². The molecule has 2 heterocycles. The number of fused-ring (bicyclic) bond motifs is 1. The van der Waals surface area contributed by atoms with E-state index in [-0.39, 0.29) is 22.6 Å². The fraction of sp³-hybridized carbons (Fsp3) is 0.520. The highest BCUT2D eigenvalue weighted by Gasteiger charge is 2.26. The van der Waals surface area contributed by atoms with Crippen LogP contribution in [0.2, 0.25) is 0 Å². The van der Waals surface area contributed by atoms with Gasteiger partial charge in [-0.2, -0.15) is 0 Å². The van der Waals surface area contributed by atoms with Gasteiger partial charge in [0.15, 0.2) is 23.7 Å². The van der Waals surface area contributed by atoms with Crippen LogP contribution in [-0.4, -0.2) is 43.8 Å². The minimum atomic E-state index is -0.733. The van der Waals surface area contributed by atoms with Gasteiger partial charge in [-0.25, -0.2) is 4.52 Å². The summed E-state index contributed by atoms with van der Waals surface area (Å²) in [4.78, 5) is 28.6. The normalized spacial score (nSPS) is 13.0. The van der Waals surface area contributed by atoms with E-state index in [0.717, 1.165) is 80.2 Å². The number of aryl methyl sites for hydroxylation is 3. The van der Waals surface area contributed by atoms with Gasteiger partial charge in [0.1, 0.15) is 11.5 Å². The molecule has 2 atom stereocenters. The molecule has 0 aliphatic heterocycles. The minimum absolute atomic E-state index is 0.0313. The zero-order valence-electron chi connectivity index (χ0n) is 38.2. The quantitative estimate of drug-likeness (QED) is 0.0634. The summed E-state index contributed by atoms with van der Waals surface area (Å²) in [5.74, 6) is 1.42. The van der Waals surface area contributed by atoms with Gasteiger partial charge in [0, 0.05) is 34.1 Å². The van der Waals surface area contributed by atoms with Gasteiger partial charge in [-0.15, -0.1) is 10.2 Å². The molecule has 5 rings (SSSR count). The molecule has 5 aromatic rings. The Hall–Kier alpha value is -5.12. The van der Waals surface area contributed by atoms with Crippen molar-refractivity contribution in [3.63, 3.8) is 0 Å². The lowest BCUT2D eigenvalue weighted by Crippen LogP contribution is -2.34. The Morgan fingerprint density at radius 3 is 1.73 bits per heavy atom. The zero-order chi connectivity index (χ0) is 43.6. The summed E-state index contributed by atoms with van der Waals surface area (Å²) in [6.07, 6.45) is 8.80. The summed E-state index contributed by atoms with van der Waals surface area (Å²) in [5, 5.41) is 18.8. The number of aromatic nitrogens is 4. The molecule has 2 amide bonds. The molecule has 3 N–H and O–H groups in total. The first kappa shape index (κ1) is 46.0. The molecule has 10 nitrogen and oxygen atoms in total. The zero-order valence-corrected chi connectivity index (χ0v) is 38.2. The van der Waals surface area contributed by atoms with Crippen molar-refractivity contribution in [2.45, 2.75) is 170 Å². The maximum absolute atomic E-state index is 14.4. The van der Waals surface area contributed by atoms with E-state index in [1.807, 2.05) is 61.7 Å². The van der Waals surface area contributed by atoms with Gasteiger partial charge >= 0.3 is 0 Å². The average molecular weight is 819 g/mol. The van der Waals surface area contributed by atoms with Crippen LogP contribution in [0.1, 0.15) is 154 Å². The number of aromatic amines is 1. The monoisotopic (exact) mass is 819 g/mol. The summed E-state index contributed by atoms with van der Waals surface area (Å²) >= 11 is 0. The number of anilines is 2. The van der Waals surface area contributed by atoms with Gasteiger partial charge in [0.25, 0.3) is 11.8 Å². The number of unbranched alkanes of at least 4 members (excludes halogenated alkanes) is 6. The predicted molar refractivity (Wildman–Crippen MR) is 245 cm³/mol. The van der Waals surface area contributed by atoms with E-state index in [4.69, 9.17) is 9.47 Å². The summed E-state index contributed by atoms with van der Waals surface area (Å²) in [5.41, 5.74) is 7.58. The van der Waals surface area contributed by atoms with Crippen molar-refractivity contribution in [1.82, 2.24) is 19.8 Å². The number of nitrogens with one attached hydrogen (secondary N) is 3. The van der Waals surface area contributed by atoms with Crippen LogP contribution in [0.15, 0.2) is 60.7 Å². The van der Waals surface area contributed by atoms with Crippen molar-refractivity contribution in [3.8, 4) is 22.9 Å². The third-order valence-electron chi connectivity index (χ3n) is 11.7. The number of H-pyrrole nitrogens is 1. The highest BCUT2D eigenvalue weighted by atomic mass is 16.5.